The van der Waals surface area contributed by atoms with Crippen LogP contribution in [0.25, 0.3) is 0 Å². The van der Waals surface area contributed by atoms with Crippen LogP contribution in [0.5, 0.6) is 11.5 Å². The number of nitro benzene ring substituents is 1. The number of nitrogens with one attached hydrogen (secondary N) is 2. The molecule has 192 valence electrons. The van der Waals surface area contributed by atoms with Crippen LogP contribution in [0, 0.1) is 13.7 Å². The summed E-state index contributed by atoms with van der Waals surface area (Å²) >= 11 is 13.9. The maximum Gasteiger partial charge on any atom is 0.271 e. The molecule has 0 radical (unpaired) electrons. The normalized spacial score (nSPS) is 10.7. The topological polar surface area (TPSA) is 132 Å². The first-order valence-electron chi connectivity index (χ1n) is 10.6. The number of benzene rings is 3. The van der Waals surface area contributed by atoms with E-state index >= 15 is 0 Å². The van der Waals surface area contributed by atoms with E-state index in [-0.39, 0.29) is 17.9 Å². The SMILES string of the molecule is CCOc1cc(/C=N/NC(=O)c2cccc([N+](=O)[O-])c2)cc(I)c1OCC(=O)Nc1ccc(Cl)c(Cl)c1. The predicted molar refractivity (Wildman–Crippen MR) is 149 cm³/mol. The van der Waals surface area contributed by atoms with Crippen molar-refractivity contribution in [3.05, 3.63) is 89.5 Å². The van der Waals surface area contributed by atoms with Crippen LogP contribution in [0.2, 0.25) is 10.0 Å². The highest BCUT2D eigenvalue weighted by Crippen LogP contribution is 2.34. The van der Waals surface area contributed by atoms with Gasteiger partial charge in [0.15, 0.2) is 18.1 Å². The zero-order valence-electron chi connectivity index (χ0n) is 19.2. The van der Waals surface area contributed by atoms with Gasteiger partial charge in [0.25, 0.3) is 17.5 Å². The van der Waals surface area contributed by atoms with Gasteiger partial charge in [0, 0.05) is 23.4 Å². The number of hydrogen-bond donors (Lipinski definition) is 2. The van der Waals surface area contributed by atoms with Crippen molar-refractivity contribution in [2.24, 2.45) is 5.10 Å². The largest absolute Gasteiger partial charge is 0.490 e. The minimum absolute atomic E-state index is 0.0961. The van der Waals surface area contributed by atoms with Crippen LogP contribution >= 0.6 is 45.8 Å². The summed E-state index contributed by atoms with van der Waals surface area (Å²) in [5.41, 5.74) is 3.29. The molecule has 3 aromatic rings. The lowest BCUT2D eigenvalue weighted by Crippen LogP contribution is -2.20. The minimum atomic E-state index is -0.604. The maximum atomic E-state index is 12.4. The molecule has 13 heteroatoms. The molecule has 0 saturated carbocycles. The van der Waals surface area contributed by atoms with Gasteiger partial charge in [-0.05, 0) is 71.5 Å². The van der Waals surface area contributed by atoms with E-state index in [0.29, 0.717) is 43.0 Å². The number of carbonyl (C=O) groups is 2. The number of non-ortho nitro benzene ring substituents is 1. The molecule has 2 N–H and O–H groups in total. The average Bonchev–Trinajstić information content (AvgIpc) is 2.86. The highest BCUT2D eigenvalue weighted by atomic mass is 127. The van der Waals surface area contributed by atoms with E-state index in [1.807, 2.05) is 22.6 Å². The molecule has 0 aliphatic heterocycles. The fourth-order valence-corrected chi connectivity index (χ4v) is 4.04. The van der Waals surface area contributed by atoms with E-state index in [1.54, 1.807) is 31.2 Å². The molecule has 0 aliphatic rings. The summed E-state index contributed by atoms with van der Waals surface area (Å²) in [6.07, 6.45) is 1.39. The molecule has 0 spiro atoms. The lowest BCUT2D eigenvalue weighted by Gasteiger charge is -2.14. The van der Waals surface area contributed by atoms with Gasteiger partial charge in [-0.25, -0.2) is 5.43 Å². The molecule has 3 rings (SSSR count). The van der Waals surface area contributed by atoms with Crippen LogP contribution in [-0.4, -0.2) is 36.2 Å². The summed E-state index contributed by atoms with van der Waals surface area (Å²) < 4.78 is 12.0. The monoisotopic (exact) mass is 656 g/mol. The van der Waals surface area contributed by atoms with E-state index < -0.39 is 16.7 Å². The Kier molecular flexibility index (Phi) is 10.1. The molecule has 0 atom stereocenters. The van der Waals surface area contributed by atoms with Crippen LogP contribution in [0.1, 0.15) is 22.8 Å². The first-order chi connectivity index (χ1) is 17.7. The van der Waals surface area contributed by atoms with E-state index in [4.69, 9.17) is 32.7 Å². The van der Waals surface area contributed by atoms with Gasteiger partial charge in [0.1, 0.15) is 0 Å². The predicted octanol–water partition coefficient (Wildman–Crippen LogP) is 5.69. The maximum absolute atomic E-state index is 12.4. The number of anilines is 1. The number of rotatable bonds is 10. The quantitative estimate of drug-likeness (QED) is 0.125. The van der Waals surface area contributed by atoms with E-state index in [1.165, 1.54) is 30.5 Å². The summed E-state index contributed by atoms with van der Waals surface area (Å²) in [6.45, 7) is 1.85. The molecule has 0 heterocycles. The molecular formula is C24H19Cl2IN4O6. The second kappa shape index (κ2) is 13.2. The van der Waals surface area contributed by atoms with Crippen LogP contribution in [0.4, 0.5) is 11.4 Å². The van der Waals surface area contributed by atoms with Gasteiger partial charge in [-0.15, -0.1) is 0 Å². The van der Waals surface area contributed by atoms with Gasteiger partial charge < -0.3 is 14.8 Å². The highest BCUT2D eigenvalue weighted by Gasteiger charge is 2.15. The average molecular weight is 657 g/mol. The number of carbonyl (C=O) groups excluding carboxylic acids is 2. The molecule has 3 aromatic carbocycles. The molecule has 0 unspecified atom stereocenters. The van der Waals surface area contributed by atoms with E-state index in [2.05, 4.69) is 15.8 Å². The Bertz CT molecular complexity index is 1370. The Morgan fingerprint density at radius 1 is 1.11 bits per heavy atom. The Hall–Kier alpha value is -3.42. The molecule has 2 amide bonds. The zero-order valence-corrected chi connectivity index (χ0v) is 22.8. The van der Waals surface area contributed by atoms with E-state index in [9.17, 15) is 19.7 Å². The van der Waals surface area contributed by atoms with Gasteiger partial charge in [-0.1, -0.05) is 29.3 Å². The second-order valence-electron chi connectivity index (χ2n) is 7.24. The van der Waals surface area contributed by atoms with Crippen LogP contribution in [0.3, 0.4) is 0 Å². The van der Waals surface area contributed by atoms with Crippen LogP contribution < -0.4 is 20.2 Å². The second-order valence-corrected chi connectivity index (χ2v) is 9.21. The first-order valence-corrected chi connectivity index (χ1v) is 12.4. The lowest BCUT2D eigenvalue weighted by atomic mass is 10.2. The molecule has 0 aromatic heterocycles. The van der Waals surface area contributed by atoms with Gasteiger partial charge >= 0.3 is 0 Å². The Morgan fingerprint density at radius 2 is 1.89 bits per heavy atom. The zero-order chi connectivity index (χ0) is 26.9. The fraction of sp³-hybridized carbons (Fsp3) is 0.125. The first kappa shape index (κ1) is 28.2. The van der Waals surface area contributed by atoms with Crippen molar-refractivity contribution in [3.63, 3.8) is 0 Å². The molecule has 10 nitrogen and oxygen atoms in total. The number of nitro groups is 1. The number of amides is 2. The summed E-state index contributed by atoms with van der Waals surface area (Å²) in [4.78, 5) is 34.9. The number of ether oxygens (including phenoxy) is 2. The number of nitrogens with zero attached hydrogens (tertiary/aromatic N) is 2. The van der Waals surface area contributed by atoms with Crippen molar-refractivity contribution in [1.82, 2.24) is 5.43 Å². The number of hydrazone groups is 1. The summed E-state index contributed by atoms with van der Waals surface area (Å²) in [5, 5.41) is 18.2. The third-order valence-electron chi connectivity index (χ3n) is 4.58. The minimum Gasteiger partial charge on any atom is -0.490 e. The molecule has 0 saturated heterocycles. The molecule has 0 bridgehead atoms. The Labute approximate surface area is 235 Å². The third-order valence-corrected chi connectivity index (χ3v) is 6.12. The Morgan fingerprint density at radius 3 is 2.59 bits per heavy atom. The summed E-state index contributed by atoms with van der Waals surface area (Å²) in [7, 11) is 0. The van der Waals surface area contributed by atoms with Gasteiger partial charge in [0.2, 0.25) is 0 Å². The molecule has 0 aliphatic carbocycles. The van der Waals surface area contributed by atoms with Crippen molar-refractivity contribution in [2.75, 3.05) is 18.5 Å². The fourth-order valence-electron chi connectivity index (χ4n) is 2.96. The summed E-state index contributed by atoms with van der Waals surface area (Å²) in [5.74, 6) is -0.272. The smallest absolute Gasteiger partial charge is 0.271 e. The van der Waals surface area contributed by atoms with Gasteiger partial charge in [-0.3, -0.25) is 19.7 Å². The van der Waals surface area contributed by atoms with Crippen LogP contribution in [0.15, 0.2) is 59.7 Å². The van der Waals surface area contributed by atoms with Crippen molar-refractivity contribution in [1.29, 1.82) is 0 Å². The van der Waals surface area contributed by atoms with Gasteiger partial charge in [-0.2, -0.15) is 5.10 Å². The molecule has 0 fully saturated rings. The van der Waals surface area contributed by atoms with Crippen molar-refractivity contribution >= 4 is 75.2 Å². The van der Waals surface area contributed by atoms with E-state index in [0.717, 1.165) is 6.07 Å². The van der Waals surface area contributed by atoms with Crippen molar-refractivity contribution in [3.8, 4) is 11.5 Å². The number of halogens is 3. The highest BCUT2D eigenvalue weighted by molar-refractivity contribution is 14.1. The summed E-state index contributed by atoms with van der Waals surface area (Å²) in [6, 6.07) is 13.4. The standard InChI is InChI=1S/C24H19Cl2IN4O6/c1-2-36-21-9-14(12-28-30-24(33)15-4-3-5-17(10-15)31(34)35)8-20(27)23(21)37-13-22(32)29-16-6-7-18(25)19(26)11-16/h3-12H,2,13H2,1H3,(H,29,32)(H,30,33)/b28-12+. The van der Waals surface area contributed by atoms with Crippen LogP contribution in [-0.2, 0) is 4.79 Å². The molecular weight excluding hydrogens is 638 g/mol. The van der Waals surface area contributed by atoms with Gasteiger partial charge in [0.05, 0.1) is 31.4 Å². The lowest BCUT2D eigenvalue weighted by molar-refractivity contribution is -0.384. The Balaban J connectivity index is 1.67. The van der Waals surface area contributed by atoms with Crippen molar-refractivity contribution in [2.45, 2.75) is 6.92 Å². The number of hydrogen-bond acceptors (Lipinski definition) is 7. The molecule has 37 heavy (non-hydrogen) atoms. The van der Waals surface area contributed by atoms with Crippen molar-refractivity contribution < 1.29 is 24.0 Å². The third kappa shape index (κ3) is 8.03.